The summed E-state index contributed by atoms with van der Waals surface area (Å²) in [5.74, 6) is 2.26. The second-order valence-corrected chi connectivity index (χ2v) is 9.21. The highest BCUT2D eigenvalue weighted by atomic mass is 31.2. The third-order valence-corrected chi connectivity index (χ3v) is 6.12. The summed E-state index contributed by atoms with van der Waals surface area (Å²) in [5, 5.41) is 0. The molecule has 0 bridgehead atoms. The van der Waals surface area contributed by atoms with E-state index in [-0.39, 0.29) is 5.41 Å². The van der Waals surface area contributed by atoms with Crippen LogP contribution in [0.1, 0.15) is 50.0 Å². The Balaban J connectivity index is 2.05. The van der Waals surface area contributed by atoms with Crippen molar-refractivity contribution in [3.8, 4) is 5.75 Å². The third kappa shape index (κ3) is 3.08. The summed E-state index contributed by atoms with van der Waals surface area (Å²) < 4.78 is 30.2. The van der Waals surface area contributed by atoms with Crippen LogP contribution in [0.5, 0.6) is 5.75 Å². The van der Waals surface area contributed by atoms with Crippen molar-refractivity contribution in [1.82, 2.24) is 0 Å². The van der Waals surface area contributed by atoms with E-state index in [9.17, 15) is 9.36 Å². The number of ether oxygens (including phenoxy) is 1. The maximum Gasteiger partial charge on any atom is 0.354 e. The van der Waals surface area contributed by atoms with Gasteiger partial charge in [0.15, 0.2) is 0 Å². The second-order valence-electron chi connectivity index (χ2n) is 7.35. The lowest BCUT2D eigenvalue weighted by Gasteiger charge is -2.33. The normalized spacial score (nSPS) is 29.1. The highest BCUT2D eigenvalue weighted by Gasteiger charge is 2.43. The first-order valence-corrected chi connectivity index (χ1v) is 9.72. The average molecular weight is 350 g/mol. The van der Waals surface area contributed by atoms with Gasteiger partial charge in [0.1, 0.15) is 17.6 Å². The van der Waals surface area contributed by atoms with Crippen molar-refractivity contribution < 1.29 is 23.1 Å². The molecule has 0 aromatic heterocycles. The van der Waals surface area contributed by atoms with Gasteiger partial charge in [-0.05, 0) is 31.5 Å². The van der Waals surface area contributed by atoms with E-state index in [0.717, 1.165) is 17.4 Å². The number of fused-ring (bicyclic) bond motifs is 1. The fraction of sp³-hybridized carbons (Fsp3) is 0.500. The van der Waals surface area contributed by atoms with Crippen LogP contribution in [-0.4, -0.2) is 25.1 Å². The molecule has 0 radical (unpaired) electrons. The Labute approximate surface area is 142 Å². The Kier molecular flexibility index (Phi) is 4.23. The fourth-order valence-corrected chi connectivity index (χ4v) is 4.82. The first-order chi connectivity index (χ1) is 11.2. The molecular formula is C18H23O5P. The zero-order chi connectivity index (χ0) is 17.6. The highest BCUT2D eigenvalue weighted by molar-refractivity contribution is 7.57. The molecule has 2 heterocycles. The number of benzene rings is 1. The monoisotopic (exact) mass is 350 g/mol. The Morgan fingerprint density at radius 1 is 1.21 bits per heavy atom. The van der Waals surface area contributed by atoms with Gasteiger partial charge in [-0.3, -0.25) is 9.36 Å². The van der Waals surface area contributed by atoms with E-state index in [1.807, 2.05) is 27.7 Å². The zero-order valence-corrected chi connectivity index (χ0v) is 15.4. The molecule has 1 fully saturated rings. The van der Waals surface area contributed by atoms with Crippen molar-refractivity contribution in [2.45, 2.75) is 39.7 Å². The summed E-state index contributed by atoms with van der Waals surface area (Å²) in [6, 6.07) is 5.24. The first kappa shape index (κ1) is 17.4. The van der Waals surface area contributed by atoms with Gasteiger partial charge in [0.2, 0.25) is 0 Å². The Hall–Kier alpha value is -1.42. The lowest BCUT2D eigenvalue weighted by molar-refractivity contribution is 0.0456. The molecule has 1 atom stereocenters. The minimum atomic E-state index is -3.35. The number of hydrogen-bond donors (Lipinski definition) is 0. The second kappa shape index (κ2) is 5.83. The smallest absolute Gasteiger partial charge is 0.354 e. The van der Waals surface area contributed by atoms with Gasteiger partial charge in [-0.15, -0.1) is 0 Å². The van der Waals surface area contributed by atoms with Gasteiger partial charge in [0.05, 0.1) is 13.2 Å². The van der Waals surface area contributed by atoms with Crippen LogP contribution in [0.4, 0.5) is 0 Å². The van der Waals surface area contributed by atoms with Crippen molar-refractivity contribution in [1.29, 1.82) is 0 Å². The molecule has 0 spiro atoms. The lowest BCUT2D eigenvalue weighted by atomic mass is 9.91. The van der Waals surface area contributed by atoms with Gasteiger partial charge >= 0.3 is 7.60 Å². The third-order valence-electron chi connectivity index (χ3n) is 4.57. The number of rotatable bonds is 3. The average Bonchev–Trinajstić information content (AvgIpc) is 2.83. The SMILES string of the molecule is CCC1(C)Oc2ccc(C=O)cc2/C1=C/P1(=O)OCC(C)(C)CO1. The quantitative estimate of drug-likeness (QED) is 0.586. The molecule has 6 heteroatoms. The lowest BCUT2D eigenvalue weighted by Crippen LogP contribution is -2.30. The van der Waals surface area contributed by atoms with Crippen molar-refractivity contribution in [3.05, 3.63) is 35.1 Å². The minimum absolute atomic E-state index is 0.157. The fourth-order valence-electron chi connectivity index (χ4n) is 2.81. The molecule has 2 aliphatic rings. The zero-order valence-electron chi connectivity index (χ0n) is 14.5. The molecule has 0 N–H and O–H groups in total. The highest BCUT2D eigenvalue weighted by Crippen LogP contribution is 2.59. The van der Waals surface area contributed by atoms with Crippen LogP contribution in [0, 0.1) is 5.41 Å². The summed E-state index contributed by atoms with van der Waals surface area (Å²) in [6.45, 7) is 8.70. The van der Waals surface area contributed by atoms with E-state index in [1.54, 1.807) is 24.0 Å². The van der Waals surface area contributed by atoms with Crippen LogP contribution >= 0.6 is 7.60 Å². The molecule has 0 amide bonds. The van der Waals surface area contributed by atoms with Crippen molar-refractivity contribution in [3.63, 3.8) is 0 Å². The van der Waals surface area contributed by atoms with Gasteiger partial charge in [-0.2, -0.15) is 0 Å². The predicted octanol–water partition coefficient (Wildman–Crippen LogP) is 4.67. The van der Waals surface area contributed by atoms with Crippen molar-refractivity contribution in [2.24, 2.45) is 5.41 Å². The molecule has 1 saturated heterocycles. The van der Waals surface area contributed by atoms with Crippen LogP contribution in [0.2, 0.25) is 0 Å². The van der Waals surface area contributed by atoms with Crippen LogP contribution in [-0.2, 0) is 13.6 Å². The molecule has 1 aromatic carbocycles. The summed E-state index contributed by atoms with van der Waals surface area (Å²) in [7, 11) is -3.35. The molecule has 2 aliphatic heterocycles. The molecule has 5 nitrogen and oxygen atoms in total. The Morgan fingerprint density at radius 3 is 2.46 bits per heavy atom. The summed E-state index contributed by atoms with van der Waals surface area (Å²) in [4.78, 5) is 11.1. The minimum Gasteiger partial charge on any atom is -0.482 e. The van der Waals surface area contributed by atoms with Gasteiger partial charge in [0.25, 0.3) is 0 Å². The van der Waals surface area contributed by atoms with Crippen LogP contribution in [0.3, 0.4) is 0 Å². The number of hydrogen-bond acceptors (Lipinski definition) is 5. The molecule has 24 heavy (non-hydrogen) atoms. The number of carbonyl (C=O) groups excluding carboxylic acids is 1. The van der Waals surface area contributed by atoms with E-state index in [4.69, 9.17) is 13.8 Å². The molecule has 130 valence electrons. The van der Waals surface area contributed by atoms with Gasteiger partial charge < -0.3 is 13.8 Å². The molecule has 1 aromatic rings. The van der Waals surface area contributed by atoms with Gasteiger partial charge in [-0.1, -0.05) is 20.8 Å². The van der Waals surface area contributed by atoms with Crippen LogP contribution < -0.4 is 4.74 Å². The molecule has 0 aliphatic carbocycles. The molecule has 1 unspecified atom stereocenters. The summed E-state index contributed by atoms with van der Waals surface area (Å²) in [5.41, 5.74) is 1.30. The maximum atomic E-state index is 13.0. The van der Waals surface area contributed by atoms with Crippen LogP contribution in [0.15, 0.2) is 24.0 Å². The molecule has 0 saturated carbocycles. The number of carbonyl (C=O) groups is 1. The molecule has 3 rings (SSSR count). The molecular weight excluding hydrogens is 327 g/mol. The van der Waals surface area contributed by atoms with Crippen molar-refractivity contribution in [2.75, 3.05) is 13.2 Å². The first-order valence-electron chi connectivity index (χ1n) is 8.11. The largest absolute Gasteiger partial charge is 0.482 e. The van der Waals surface area contributed by atoms with E-state index in [2.05, 4.69) is 0 Å². The Bertz CT molecular complexity index is 738. The topological polar surface area (TPSA) is 61.8 Å². The van der Waals surface area contributed by atoms with E-state index in [0.29, 0.717) is 30.9 Å². The van der Waals surface area contributed by atoms with Crippen molar-refractivity contribution >= 4 is 19.5 Å². The summed E-state index contributed by atoms with van der Waals surface area (Å²) >= 11 is 0. The summed E-state index contributed by atoms with van der Waals surface area (Å²) in [6.07, 6.45) is 1.48. The van der Waals surface area contributed by atoms with E-state index in [1.165, 1.54) is 0 Å². The van der Waals surface area contributed by atoms with Crippen LogP contribution in [0.25, 0.3) is 5.57 Å². The van der Waals surface area contributed by atoms with E-state index >= 15 is 0 Å². The van der Waals surface area contributed by atoms with E-state index < -0.39 is 13.2 Å². The number of aldehydes is 1. The predicted molar refractivity (Wildman–Crippen MR) is 92.4 cm³/mol. The standard InChI is InChI=1S/C18H23O5P/c1-5-18(4)15(10-24(20)21-11-17(2,3)12-22-24)14-8-13(9-19)6-7-16(14)23-18/h6-10H,5,11-12H2,1-4H3/b15-10-. The van der Waals surface area contributed by atoms with Gasteiger partial charge in [-0.25, -0.2) is 0 Å². The maximum absolute atomic E-state index is 13.0. The van der Waals surface area contributed by atoms with Gasteiger partial charge in [0, 0.05) is 27.9 Å². The Morgan fingerprint density at radius 2 is 1.88 bits per heavy atom.